The van der Waals surface area contributed by atoms with E-state index in [4.69, 9.17) is 28.9 Å². The third-order valence-corrected chi connectivity index (χ3v) is 3.49. The van der Waals surface area contributed by atoms with Crippen molar-refractivity contribution in [2.24, 2.45) is 0 Å². The van der Waals surface area contributed by atoms with Gasteiger partial charge in [0, 0.05) is 23.5 Å². The zero-order chi connectivity index (χ0) is 14.1. The Labute approximate surface area is 124 Å². The molecule has 0 aliphatic rings. The van der Waals surface area contributed by atoms with Crippen LogP contribution in [0.2, 0.25) is 10.0 Å². The molecule has 0 aliphatic heterocycles. The minimum Gasteiger partial charge on any atom is -0.382 e. The Bertz CT molecular complexity index is 734. The maximum absolute atomic E-state index is 6.24. The molecule has 1 aromatic carbocycles. The molecule has 0 saturated carbocycles. The molecule has 0 saturated heterocycles. The number of nitrogens with two attached hydrogens (primary N) is 1. The van der Waals surface area contributed by atoms with E-state index in [1.807, 2.05) is 0 Å². The second-order valence-corrected chi connectivity index (χ2v) is 4.90. The van der Waals surface area contributed by atoms with Crippen LogP contribution in [-0.2, 0) is 0 Å². The first-order valence-electron chi connectivity index (χ1n) is 5.72. The minimum absolute atomic E-state index is 0.318. The van der Waals surface area contributed by atoms with Crippen molar-refractivity contribution in [1.82, 2.24) is 20.2 Å². The van der Waals surface area contributed by atoms with E-state index in [0.29, 0.717) is 32.7 Å². The molecule has 5 nitrogen and oxygen atoms in total. The smallest absolute Gasteiger partial charge is 0.153 e. The number of anilines is 1. The van der Waals surface area contributed by atoms with Gasteiger partial charge in [-0.15, -0.1) is 0 Å². The number of halogens is 2. The van der Waals surface area contributed by atoms with Crippen LogP contribution >= 0.6 is 23.2 Å². The van der Waals surface area contributed by atoms with Crippen molar-refractivity contribution in [2.45, 2.75) is 0 Å². The highest BCUT2D eigenvalue weighted by molar-refractivity contribution is 6.39. The molecule has 100 valence electrons. The molecule has 0 fully saturated rings. The SMILES string of the molecule is Nc1n[nH]c(-c2cncnc2)c1-c1c(Cl)cccc1Cl. The van der Waals surface area contributed by atoms with Gasteiger partial charge < -0.3 is 5.73 Å². The van der Waals surface area contributed by atoms with Gasteiger partial charge in [-0.2, -0.15) is 5.10 Å². The molecule has 2 heterocycles. The van der Waals surface area contributed by atoms with Crippen molar-refractivity contribution in [3.05, 3.63) is 47.0 Å². The molecule has 2 aromatic heterocycles. The number of nitrogens with zero attached hydrogens (tertiary/aromatic N) is 3. The van der Waals surface area contributed by atoms with Crippen molar-refractivity contribution < 1.29 is 0 Å². The highest BCUT2D eigenvalue weighted by atomic mass is 35.5. The molecule has 0 amide bonds. The van der Waals surface area contributed by atoms with E-state index in [1.54, 1.807) is 30.6 Å². The topological polar surface area (TPSA) is 80.5 Å². The molecule has 0 bridgehead atoms. The van der Waals surface area contributed by atoms with E-state index in [-0.39, 0.29) is 0 Å². The lowest BCUT2D eigenvalue weighted by molar-refractivity contribution is 1.09. The second kappa shape index (κ2) is 5.11. The fraction of sp³-hybridized carbons (Fsp3) is 0. The maximum atomic E-state index is 6.24. The molecule has 0 radical (unpaired) electrons. The average molecular weight is 306 g/mol. The van der Waals surface area contributed by atoms with Gasteiger partial charge in [0.15, 0.2) is 5.82 Å². The van der Waals surface area contributed by atoms with Crippen LogP contribution in [0.1, 0.15) is 0 Å². The summed E-state index contributed by atoms with van der Waals surface area (Å²) in [6, 6.07) is 5.27. The Kier molecular flexibility index (Phi) is 3.30. The molecular formula is C13H9Cl2N5. The Hall–Kier alpha value is -2.11. The first-order valence-corrected chi connectivity index (χ1v) is 6.47. The summed E-state index contributed by atoms with van der Waals surface area (Å²) in [5.41, 5.74) is 8.67. The summed E-state index contributed by atoms with van der Waals surface area (Å²) < 4.78 is 0. The molecule has 0 spiro atoms. The van der Waals surface area contributed by atoms with Crippen LogP contribution in [0.3, 0.4) is 0 Å². The summed E-state index contributed by atoms with van der Waals surface area (Å²) >= 11 is 12.5. The fourth-order valence-electron chi connectivity index (χ4n) is 1.98. The normalized spacial score (nSPS) is 10.7. The lowest BCUT2D eigenvalue weighted by atomic mass is 10.0. The first kappa shape index (κ1) is 12.9. The Morgan fingerprint density at radius 3 is 2.30 bits per heavy atom. The zero-order valence-corrected chi connectivity index (χ0v) is 11.7. The van der Waals surface area contributed by atoms with E-state index in [2.05, 4.69) is 20.2 Å². The van der Waals surface area contributed by atoms with E-state index in [0.717, 1.165) is 5.56 Å². The van der Waals surface area contributed by atoms with Crippen molar-refractivity contribution >= 4 is 29.0 Å². The lowest BCUT2D eigenvalue weighted by Gasteiger charge is -2.08. The number of aromatic amines is 1. The van der Waals surface area contributed by atoms with E-state index in [9.17, 15) is 0 Å². The monoisotopic (exact) mass is 305 g/mol. The molecule has 3 N–H and O–H groups in total. The lowest BCUT2D eigenvalue weighted by Crippen LogP contribution is -1.91. The summed E-state index contributed by atoms with van der Waals surface area (Å²) in [5, 5.41) is 7.91. The van der Waals surface area contributed by atoms with E-state index < -0.39 is 0 Å². The van der Waals surface area contributed by atoms with Crippen LogP contribution in [0.5, 0.6) is 0 Å². The van der Waals surface area contributed by atoms with Crippen LogP contribution in [0.4, 0.5) is 5.82 Å². The third-order valence-electron chi connectivity index (χ3n) is 2.86. The van der Waals surface area contributed by atoms with Crippen molar-refractivity contribution in [3.63, 3.8) is 0 Å². The molecule has 3 aromatic rings. The van der Waals surface area contributed by atoms with Gasteiger partial charge in [-0.25, -0.2) is 9.97 Å². The molecule has 20 heavy (non-hydrogen) atoms. The maximum Gasteiger partial charge on any atom is 0.153 e. The van der Waals surface area contributed by atoms with E-state index in [1.165, 1.54) is 6.33 Å². The number of rotatable bonds is 2. The molecule has 0 aliphatic carbocycles. The minimum atomic E-state index is 0.318. The quantitative estimate of drug-likeness (QED) is 0.760. The predicted molar refractivity (Wildman–Crippen MR) is 79.5 cm³/mol. The number of hydrogen-bond donors (Lipinski definition) is 2. The second-order valence-electron chi connectivity index (χ2n) is 4.08. The number of benzene rings is 1. The van der Waals surface area contributed by atoms with Gasteiger partial charge in [0.05, 0.1) is 21.3 Å². The van der Waals surface area contributed by atoms with Crippen LogP contribution in [-0.4, -0.2) is 20.2 Å². The zero-order valence-electron chi connectivity index (χ0n) is 10.1. The summed E-state index contributed by atoms with van der Waals surface area (Å²) in [4.78, 5) is 7.97. The fourth-order valence-corrected chi connectivity index (χ4v) is 2.57. The number of nitrogens with one attached hydrogen (secondary N) is 1. The predicted octanol–water partition coefficient (Wildman–Crippen LogP) is 3.42. The number of nitrogen functional groups attached to an aromatic ring is 1. The number of H-pyrrole nitrogens is 1. The Morgan fingerprint density at radius 1 is 1.00 bits per heavy atom. The number of aromatic nitrogens is 4. The summed E-state index contributed by atoms with van der Waals surface area (Å²) in [7, 11) is 0. The highest BCUT2D eigenvalue weighted by Gasteiger charge is 2.19. The molecule has 3 rings (SSSR count). The van der Waals surface area contributed by atoms with Gasteiger partial charge in [0.25, 0.3) is 0 Å². The Morgan fingerprint density at radius 2 is 1.65 bits per heavy atom. The van der Waals surface area contributed by atoms with Crippen LogP contribution in [0, 0.1) is 0 Å². The van der Waals surface area contributed by atoms with Gasteiger partial charge in [-0.05, 0) is 12.1 Å². The van der Waals surface area contributed by atoms with Gasteiger partial charge in [-0.1, -0.05) is 29.3 Å². The summed E-state index contributed by atoms with van der Waals surface area (Å²) in [6.07, 6.45) is 4.77. The van der Waals surface area contributed by atoms with Crippen molar-refractivity contribution in [1.29, 1.82) is 0 Å². The first-order chi connectivity index (χ1) is 9.68. The Balaban J connectivity index is 2.28. The summed E-state index contributed by atoms with van der Waals surface area (Å²) in [5.74, 6) is 0.318. The standard InChI is InChI=1S/C13H9Cl2N5/c14-8-2-1-3-9(15)10(8)11-12(19-20-13(11)16)7-4-17-6-18-5-7/h1-6H,(H3,16,19,20). The molecule has 7 heteroatoms. The molecular weight excluding hydrogens is 297 g/mol. The number of hydrogen-bond acceptors (Lipinski definition) is 4. The average Bonchev–Trinajstić information content (AvgIpc) is 2.82. The highest BCUT2D eigenvalue weighted by Crippen LogP contribution is 2.41. The molecule has 0 atom stereocenters. The van der Waals surface area contributed by atoms with Crippen molar-refractivity contribution in [2.75, 3.05) is 5.73 Å². The van der Waals surface area contributed by atoms with Crippen LogP contribution in [0.15, 0.2) is 36.9 Å². The van der Waals surface area contributed by atoms with Gasteiger partial charge in [0.2, 0.25) is 0 Å². The van der Waals surface area contributed by atoms with Gasteiger partial charge in [0.1, 0.15) is 6.33 Å². The third kappa shape index (κ3) is 2.11. The van der Waals surface area contributed by atoms with Crippen LogP contribution in [0.25, 0.3) is 22.4 Å². The van der Waals surface area contributed by atoms with Crippen LogP contribution < -0.4 is 5.73 Å². The van der Waals surface area contributed by atoms with Gasteiger partial charge in [-0.3, -0.25) is 5.10 Å². The van der Waals surface area contributed by atoms with Crippen molar-refractivity contribution in [3.8, 4) is 22.4 Å². The molecule has 0 unspecified atom stereocenters. The van der Waals surface area contributed by atoms with Gasteiger partial charge >= 0.3 is 0 Å². The largest absolute Gasteiger partial charge is 0.382 e. The van der Waals surface area contributed by atoms with E-state index >= 15 is 0 Å². The summed E-state index contributed by atoms with van der Waals surface area (Å²) in [6.45, 7) is 0.